The largest absolute Gasteiger partial charge is 0.371 e. The maximum atomic E-state index is 11.9. The highest BCUT2D eigenvalue weighted by atomic mass is 79.9. The average molecular weight is 354 g/mol. The molecule has 1 fully saturated rings. The number of carbonyl (C=O) groups is 1. The van der Waals surface area contributed by atoms with Crippen molar-refractivity contribution in [3.8, 4) is 0 Å². The van der Waals surface area contributed by atoms with Gasteiger partial charge < -0.3 is 16.0 Å². The Morgan fingerprint density at radius 2 is 2.10 bits per heavy atom. The van der Waals surface area contributed by atoms with E-state index in [-0.39, 0.29) is 11.8 Å². The van der Waals surface area contributed by atoms with Crippen LogP contribution in [0.1, 0.15) is 20.3 Å². The van der Waals surface area contributed by atoms with Crippen molar-refractivity contribution in [3.63, 3.8) is 0 Å². The molecule has 0 aromatic heterocycles. The van der Waals surface area contributed by atoms with Crippen LogP contribution in [0.2, 0.25) is 0 Å². The molecular weight excluding hydrogens is 330 g/mol. The van der Waals surface area contributed by atoms with Gasteiger partial charge in [0, 0.05) is 29.8 Å². The summed E-state index contributed by atoms with van der Waals surface area (Å²) in [6.45, 7) is 6.67. The number of rotatable bonds is 5. The molecule has 0 saturated carbocycles. The summed E-state index contributed by atoms with van der Waals surface area (Å²) in [5.41, 5.74) is 7.09. The highest BCUT2D eigenvalue weighted by Gasteiger charge is 2.24. The van der Waals surface area contributed by atoms with Crippen LogP contribution in [0.3, 0.4) is 0 Å². The van der Waals surface area contributed by atoms with E-state index in [1.54, 1.807) is 0 Å². The first-order valence-corrected chi connectivity index (χ1v) is 8.30. The van der Waals surface area contributed by atoms with E-state index in [1.165, 1.54) is 5.69 Å². The van der Waals surface area contributed by atoms with E-state index in [0.717, 1.165) is 24.0 Å². The fourth-order valence-corrected chi connectivity index (χ4v) is 2.82. The molecule has 1 heterocycles. The number of halogens is 1. The number of nitrogens with two attached hydrogens (primary N) is 1. The van der Waals surface area contributed by atoms with Crippen LogP contribution in [0, 0.1) is 11.8 Å². The number of anilines is 1. The number of benzene rings is 1. The fraction of sp³-hybridized carbons (Fsp3) is 0.562. The predicted molar refractivity (Wildman–Crippen MR) is 90.3 cm³/mol. The SMILES string of the molecule is CC(C)[C@H](N)C(=O)NCC1CCN(c2ccc(Br)cc2)C1. The van der Waals surface area contributed by atoms with Gasteiger partial charge in [0.1, 0.15) is 0 Å². The van der Waals surface area contributed by atoms with Crippen LogP contribution in [0.15, 0.2) is 28.7 Å². The Morgan fingerprint density at radius 3 is 2.71 bits per heavy atom. The summed E-state index contributed by atoms with van der Waals surface area (Å²) in [6, 6.07) is 7.96. The lowest BCUT2D eigenvalue weighted by molar-refractivity contribution is -0.123. The predicted octanol–water partition coefficient (Wildman–Crippen LogP) is 2.37. The molecule has 1 aliphatic rings. The monoisotopic (exact) mass is 353 g/mol. The first-order chi connectivity index (χ1) is 9.97. The number of nitrogens with zero attached hydrogens (tertiary/aromatic N) is 1. The summed E-state index contributed by atoms with van der Waals surface area (Å²) in [5.74, 6) is 0.636. The summed E-state index contributed by atoms with van der Waals surface area (Å²) in [4.78, 5) is 14.2. The van der Waals surface area contributed by atoms with Crippen LogP contribution < -0.4 is 16.0 Å². The van der Waals surface area contributed by atoms with Crippen molar-refractivity contribution >= 4 is 27.5 Å². The molecule has 0 radical (unpaired) electrons. The third-order valence-corrected chi connectivity index (χ3v) is 4.59. The van der Waals surface area contributed by atoms with Gasteiger partial charge in [-0.3, -0.25) is 4.79 Å². The minimum atomic E-state index is -0.408. The normalized spacial score (nSPS) is 19.9. The number of hydrogen-bond donors (Lipinski definition) is 2. The lowest BCUT2D eigenvalue weighted by Crippen LogP contribution is -2.45. The minimum Gasteiger partial charge on any atom is -0.371 e. The van der Waals surface area contributed by atoms with Crippen molar-refractivity contribution in [2.45, 2.75) is 26.3 Å². The van der Waals surface area contributed by atoms with E-state index in [9.17, 15) is 4.79 Å². The molecule has 21 heavy (non-hydrogen) atoms. The molecule has 0 spiro atoms. The maximum Gasteiger partial charge on any atom is 0.237 e. The molecule has 1 aliphatic heterocycles. The second-order valence-corrected chi connectivity index (χ2v) is 7.01. The Bertz CT molecular complexity index is 475. The summed E-state index contributed by atoms with van der Waals surface area (Å²) in [5, 5.41) is 2.99. The fourth-order valence-electron chi connectivity index (χ4n) is 2.55. The lowest BCUT2D eigenvalue weighted by Gasteiger charge is -2.20. The molecule has 1 amide bonds. The summed E-state index contributed by atoms with van der Waals surface area (Å²) >= 11 is 3.45. The standard InChI is InChI=1S/C16H24BrN3O/c1-11(2)15(18)16(21)19-9-12-7-8-20(10-12)14-5-3-13(17)4-6-14/h3-6,11-12,15H,7-10,18H2,1-2H3,(H,19,21)/t12?,15-/m0/s1. The number of carbonyl (C=O) groups excluding carboxylic acids is 1. The Kier molecular flexibility index (Phi) is 5.65. The molecule has 2 rings (SSSR count). The van der Waals surface area contributed by atoms with Crippen LogP contribution in [-0.4, -0.2) is 31.6 Å². The van der Waals surface area contributed by atoms with E-state index < -0.39 is 6.04 Å². The average Bonchev–Trinajstić information content (AvgIpc) is 2.93. The highest BCUT2D eigenvalue weighted by molar-refractivity contribution is 9.10. The number of hydrogen-bond acceptors (Lipinski definition) is 3. The summed E-state index contributed by atoms with van der Waals surface area (Å²) in [6.07, 6.45) is 1.10. The highest BCUT2D eigenvalue weighted by Crippen LogP contribution is 2.24. The Hall–Kier alpha value is -1.07. The van der Waals surface area contributed by atoms with E-state index in [1.807, 2.05) is 13.8 Å². The molecule has 1 aromatic rings. The zero-order valence-corrected chi connectivity index (χ0v) is 14.3. The molecule has 1 aromatic carbocycles. The van der Waals surface area contributed by atoms with Gasteiger partial charge in [-0.25, -0.2) is 0 Å². The van der Waals surface area contributed by atoms with Gasteiger partial charge >= 0.3 is 0 Å². The molecular formula is C16H24BrN3O. The Morgan fingerprint density at radius 1 is 1.43 bits per heavy atom. The minimum absolute atomic E-state index is 0.0351. The molecule has 1 unspecified atom stereocenters. The summed E-state index contributed by atoms with van der Waals surface area (Å²) < 4.78 is 1.09. The van der Waals surface area contributed by atoms with Gasteiger partial charge in [-0.05, 0) is 42.5 Å². The molecule has 116 valence electrons. The van der Waals surface area contributed by atoms with E-state index in [2.05, 4.69) is 50.4 Å². The molecule has 5 heteroatoms. The molecule has 0 aliphatic carbocycles. The van der Waals surface area contributed by atoms with Crippen LogP contribution in [-0.2, 0) is 4.79 Å². The number of nitrogens with one attached hydrogen (secondary N) is 1. The van der Waals surface area contributed by atoms with Gasteiger partial charge in [0.05, 0.1) is 6.04 Å². The van der Waals surface area contributed by atoms with Crippen molar-refractivity contribution in [3.05, 3.63) is 28.7 Å². The van der Waals surface area contributed by atoms with Gasteiger partial charge in [0.15, 0.2) is 0 Å². The molecule has 0 bridgehead atoms. The zero-order valence-electron chi connectivity index (χ0n) is 12.7. The van der Waals surface area contributed by atoms with Gasteiger partial charge in [0.2, 0.25) is 5.91 Å². The van der Waals surface area contributed by atoms with Gasteiger partial charge in [-0.2, -0.15) is 0 Å². The second kappa shape index (κ2) is 7.27. The third kappa shape index (κ3) is 4.45. The number of amides is 1. The van der Waals surface area contributed by atoms with Crippen LogP contribution in [0.25, 0.3) is 0 Å². The molecule has 4 nitrogen and oxygen atoms in total. The van der Waals surface area contributed by atoms with E-state index >= 15 is 0 Å². The van der Waals surface area contributed by atoms with Gasteiger partial charge in [0.25, 0.3) is 0 Å². The molecule has 1 saturated heterocycles. The third-order valence-electron chi connectivity index (χ3n) is 4.06. The van der Waals surface area contributed by atoms with Crippen molar-refractivity contribution in [2.24, 2.45) is 17.6 Å². The van der Waals surface area contributed by atoms with Crippen LogP contribution >= 0.6 is 15.9 Å². The second-order valence-electron chi connectivity index (χ2n) is 6.09. The maximum absolute atomic E-state index is 11.9. The van der Waals surface area contributed by atoms with Crippen molar-refractivity contribution < 1.29 is 4.79 Å². The Labute approximate surface area is 135 Å². The van der Waals surface area contributed by atoms with Gasteiger partial charge in [-0.1, -0.05) is 29.8 Å². The first-order valence-electron chi connectivity index (χ1n) is 7.51. The van der Waals surface area contributed by atoms with Crippen molar-refractivity contribution in [1.82, 2.24) is 5.32 Å². The smallest absolute Gasteiger partial charge is 0.237 e. The first kappa shape index (κ1) is 16.3. The topological polar surface area (TPSA) is 58.4 Å². The van der Waals surface area contributed by atoms with Crippen LogP contribution in [0.5, 0.6) is 0 Å². The lowest BCUT2D eigenvalue weighted by atomic mass is 10.0. The zero-order chi connectivity index (χ0) is 15.4. The van der Waals surface area contributed by atoms with Crippen molar-refractivity contribution in [1.29, 1.82) is 0 Å². The quantitative estimate of drug-likeness (QED) is 0.854. The van der Waals surface area contributed by atoms with Crippen LogP contribution in [0.4, 0.5) is 5.69 Å². The molecule has 2 atom stereocenters. The Balaban J connectivity index is 1.80. The van der Waals surface area contributed by atoms with Crippen molar-refractivity contribution in [2.75, 3.05) is 24.5 Å². The van der Waals surface area contributed by atoms with E-state index in [4.69, 9.17) is 5.73 Å². The molecule has 3 N–H and O–H groups in total. The van der Waals surface area contributed by atoms with E-state index in [0.29, 0.717) is 12.5 Å². The summed E-state index contributed by atoms with van der Waals surface area (Å²) in [7, 11) is 0. The van der Waals surface area contributed by atoms with Gasteiger partial charge in [-0.15, -0.1) is 0 Å².